The number of hydrogen-bond donors (Lipinski definition) is 0. The van der Waals surface area contributed by atoms with Crippen LogP contribution in [-0.4, -0.2) is 25.9 Å². The van der Waals surface area contributed by atoms with Crippen LogP contribution in [0.3, 0.4) is 0 Å². The molecule has 0 aliphatic rings. The maximum absolute atomic E-state index is 13.5. The molecule has 0 saturated heterocycles. The van der Waals surface area contributed by atoms with E-state index in [-0.39, 0.29) is 17.4 Å². The van der Waals surface area contributed by atoms with Gasteiger partial charge in [-0.3, -0.25) is 9.78 Å². The molecule has 6 heteroatoms. The smallest absolute Gasteiger partial charge is 0.308 e. The quantitative estimate of drug-likeness (QED) is 0.579. The molecule has 1 aromatic rings. The monoisotopic (exact) mass is 327 g/mol. The molecule has 0 saturated carbocycles. The van der Waals surface area contributed by atoms with Crippen LogP contribution in [0.4, 0.5) is 4.39 Å². The zero-order chi connectivity index (χ0) is 17.0. The Bertz CT molecular complexity index is 514. The minimum Gasteiger partial charge on any atom is -0.466 e. The van der Waals surface area contributed by atoms with Gasteiger partial charge in [0.15, 0.2) is 8.32 Å². The molecule has 0 aromatic carbocycles. The summed E-state index contributed by atoms with van der Waals surface area (Å²) in [7, 11) is -2.12. The summed E-state index contributed by atoms with van der Waals surface area (Å²) in [6.07, 6.45) is 2.20. The molecule has 1 atom stereocenters. The molecule has 0 amide bonds. The van der Waals surface area contributed by atoms with Crippen molar-refractivity contribution in [2.45, 2.75) is 58.4 Å². The summed E-state index contributed by atoms with van der Waals surface area (Å²) < 4.78 is 24.8. The summed E-state index contributed by atoms with van der Waals surface area (Å²) in [5.74, 6) is -0.791. The number of carbonyl (C=O) groups is 1. The van der Waals surface area contributed by atoms with Crippen LogP contribution < -0.4 is 0 Å². The maximum atomic E-state index is 13.5. The summed E-state index contributed by atoms with van der Waals surface area (Å²) in [6.45, 7) is 12.6. The molecule has 1 heterocycles. The lowest BCUT2D eigenvalue weighted by atomic mass is 10.1. The molecular weight excluding hydrogens is 301 g/mol. The highest BCUT2D eigenvalue weighted by Crippen LogP contribution is 2.40. The fraction of sp³-hybridized carbons (Fsp3) is 0.625. The molecule has 124 valence electrons. The molecule has 0 fully saturated rings. The fourth-order valence-corrected chi connectivity index (χ4v) is 3.02. The van der Waals surface area contributed by atoms with Gasteiger partial charge in [0, 0.05) is 11.8 Å². The van der Waals surface area contributed by atoms with Crippen LogP contribution in [-0.2, 0) is 14.0 Å². The second-order valence-corrected chi connectivity index (χ2v) is 11.6. The standard InChI is InChI=1S/C16H26FNO3Si/c1-7-20-15(19)9-14(12-8-13(17)11-18-10-12)21-22(5,6)16(2,3)4/h8,10-11,14H,7,9H2,1-6H3. The number of nitrogens with zero attached hydrogens (tertiary/aromatic N) is 1. The Hall–Kier alpha value is -1.27. The van der Waals surface area contributed by atoms with E-state index >= 15 is 0 Å². The topological polar surface area (TPSA) is 48.4 Å². The van der Waals surface area contributed by atoms with Gasteiger partial charge in [-0.2, -0.15) is 0 Å². The van der Waals surface area contributed by atoms with Gasteiger partial charge < -0.3 is 9.16 Å². The molecular formula is C16H26FNO3Si. The number of ether oxygens (including phenoxy) is 1. The van der Waals surface area contributed by atoms with E-state index in [0.29, 0.717) is 12.2 Å². The first kappa shape index (κ1) is 18.8. The van der Waals surface area contributed by atoms with E-state index in [1.807, 2.05) is 0 Å². The highest BCUT2D eigenvalue weighted by molar-refractivity contribution is 6.74. The SMILES string of the molecule is CCOC(=O)CC(O[Si](C)(C)C(C)(C)C)c1cncc(F)c1. The zero-order valence-electron chi connectivity index (χ0n) is 14.3. The van der Waals surface area contributed by atoms with Gasteiger partial charge in [-0.1, -0.05) is 20.8 Å². The average Bonchev–Trinajstić information content (AvgIpc) is 2.36. The third-order valence-electron chi connectivity index (χ3n) is 4.00. The lowest BCUT2D eigenvalue weighted by molar-refractivity contribution is -0.145. The van der Waals surface area contributed by atoms with Crippen molar-refractivity contribution < 1.29 is 18.3 Å². The number of hydrogen-bond acceptors (Lipinski definition) is 4. The van der Waals surface area contributed by atoms with Gasteiger partial charge in [0.25, 0.3) is 0 Å². The Balaban J connectivity index is 3.04. The number of rotatable bonds is 6. The number of aromatic nitrogens is 1. The highest BCUT2D eigenvalue weighted by Gasteiger charge is 2.40. The predicted molar refractivity (Wildman–Crippen MR) is 86.5 cm³/mol. The van der Waals surface area contributed by atoms with Crippen LogP contribution in [0.5, 0.6) is 0 Å². The van der Waals surface area contributed by atoms with Gasteiger partial charge in [-0.05, 0) is 31.1 Å². The van der Waals surface area contributed by atoms with E-state index in [0.717, 1.165) is 6.20 Å². The molecule has 1 unspecified atom stereocenters. The van der Waals surface area contributed by atoms with E-state index in [1.54, 1.807) is 13.1 Å². The van der Waals surface area contributed by atoms with Crippen LogP contribution in [0, 0.1) is 5.82 Å². The van der Waals surface area contributed by atoms with Crippen LogP contribution in [0.2, 0.25) is 18.1 Å². The Morgan fingerprint density at radius 3 is 2.50 bits per heavy atom. The van der Waals surface area contributed by atoms with Crippen molar-refractivity contribution in [2.75, 3.05) is 6.61 Å². The van der Waals surface area contributed by atoms with Crippen LogP contribution in [0.25, 0.3) is 0 Å². The lowest BCUT2D eigenvalue weighted by Crippen LogP contribution is -2.42. The first-order valence-corrected chi connectivity index (χ1v) is 10.4. The van der Waals surface area contributed by atoms with E-state index < -0.39 is 20.2 Å². The van der Waals surface area contributed by atoms with Gasteiger partial charge in [0.1, 0.15) is 5.82 Å². The third kappa shape index (κ3) is 5.17. The van der Waals surface area contributed by atoms with Crippen molar-refractivity contribution >= 4 is 14.3 Å². The van der Waals surface area contributed by atoms with Gasteiger partial charge in [-0.15, -0.1) is 0 Å². The van der Waals surface area contributed by atoms with Crippen molar-refractivity contribution in [1.29, 1.82) is 0 Å². The number of halogens is 1. The summed E-state index contributed by atoms with van der Waals surface area (Å²) >= 11 is 0. The van der Waals surface area contributed by atoms with Gasteiger partial charge in [0.2, 0.25) is 0 Å². The minimum atomic E-state index is -2.12. The van der Waals surface area contributed by atoms with E-state index in [1.165, 1.54) is 6.07 Å². The summed E-state index contributed by atoms with van der Waals surface area (Å²) in [4.78, 5) is 15.7. The van der Waals surface area contributed by atoms with Crippen molar-refractivity contribution in [2.24, 2.45) is 0 Å². The van der Waals surface area contributed by atoms with Crippen LogP contribution in [0.15, 0.2) is 18.5 Å². The zero-order valence-corrected chi connectivity index (χ0v) is 15.3. The average molecular weight is 327 g/mol. The Labute approximate surface area is 133 Å². The predicted octanol–water partition coefficient (Wildman–Crippen LogP) is 4.24. The minimum absolute atomic E-state index is 0.0132. The molecule has 0 N–H and O–H groups in total. The fourth-order valence-electron chi connectivity index (χ4n) is 1.74. The first-order valence-electron chi connectivity index (χ1n) is 7.50. The molecule has 4 nitrogen and oxygen atoms in total. The molecule has 1 aromatic heterocycles. The van der Waals surface area contributed by atoms with Gasteiger partial charge in [0.05, 0.1) is 25.3 Å². The largest absolute Gasteiger partial charge is 0.466 e. The highest BCUT2D eigenvalue weighted by atomic mass is 28.4. The number of pyridine rings is 1. The summed E-state index contributed by atoms with van der Waals surface area (Å²) in [5.41, 5.74) is 0.567. The Morgan fingerprint density at radius 2 is 2.00 bits per heavy atom. The van der Waals surface area contributed by atoms with Gasteiger partial charge >= 0.3 is 5.97 Å². The molecule has 0 bridgehead atoms. The number of carbonyl (C=O) groups excluding carboxylic acids is 1. The van der Waals surface area contributed by atoms with Crippen LogP contribution >= 0.6 is 0 Å². The molecule has 0 radical (unpaired) electrons. The maximum Gasteiger partial charge on any atom is 0.308 e. The van der Waals surface area contributed by atoms with Crippen molar-refractivity contribution in [3.05, 3.63) is 29.8 Å². The molecule has 1 rings (SSSR count). The second-order valence-electron chi connectivity index (χ2n) is 6.81. The van der Waals surface area contributed by atoms with Crippen molar-refractivity contribution in [3.8, 4) is 0 Å². The Morgan fingerprint density at radius 1 is 1.36 bits per heavy atom. The van der Waals surface area contributed by atoms with E-state index in [2.05, 4.69) is 38.8 Å². The molecule has 0 aliphatic heterocycles. The third-order valence-corrected chi connectivity index (χ3v) is 8.48. The normalized spacial score (nSPS) is 13.8. The van der Waals surface area contributed by atoms with Crippen molar-refractivity contribution in [1.82, 2.24) is 4.98 Å². The van der Waals surface area contributed by atoms with Crippen LogP contribution in [0.1, 0.15) is 45.8 Å². The number of esters is 1. The van der Waals surface area contributed by atoms with E-state index in [9.17, 15) is 9.18 Å². The molecule has 0 aliphatic carbocycles. The second kappa shape index (κ2) is 7.33. The first-order chi connectivity index (χ1) is 10.1. The van der Waals surface area contributed by atoms with Crippen molar-refractivity contribution in [3.63, 3.8) is 0 Å². The summed E-state index contributed by atoms with van der Waals surface area (Å²) in [5, 5.41) is -0.0132. The molecule has 22 heavy (non-hydrogen) atoms. The van der Waals surface area contributed by atoms with E-state index in [4.69, 9.17) is 9.16 Å². The lowest BCUT2D eigenvalue weighted by Gasteiger charge is -2.39. The Kier molecular flexibility index (Phi) is 6.25. The summed E-state index contributed by atoms with van der Waals surface area (Å²) in [6, 6.07) is 1.37. The van der Waals surface area contributed by atoms with Gasteiger partial charge in [-0.25, -0.2) is 4.39 Å². The molecule has 0 spiro atoms.